The number of nitrogens with zero attached hydrogens (tertiary/aromatic N) is 6. The molecule has 0 unspecified atom stereocenters. The van der Waals surface area contributed by atoms with Crippen molar-refractivity contribution in [3.05, 3.63) is 25.1 Å². The zero-order chi connectivity index (χ0) is 14.0. The van der Waals surface area contributed by atoms with Crippen molar-refractivity contribution < 1.29 is 5.03 Å². The molecule has 0 aliphatic carbocycles. The van der Waals surface area contributed by atoms with E-state index in [1.54, 1.807) is 18.1 Å². The van der Waals surface area contributed by atoms with Crippen molar-refractivity contribution >= 4 is 33.2 Å². The predicted octanol–water partition coefficient (Wildman–Crippen LogP) is 1.05. The number of nitro groups is 1. The van der Waals surface area contributed by atoms with Gasteiger partial charge >= 0.3 is 0 Å². The number of hydrogen-bond donors (Lipinski definition) is 0. The Morgan fingerprint density at radius 3 is 2.89 bits per heavy atom. The number of aromatic nitrogens is 1. The monoisotopic (exact) mass is 348 g/mol. The number of thiazole rings is 1. The van der Waals surface area contributed by atoms with Crippen molar-refractivity contribution in [3.63, 3.8) is 0 Å². The molecule has 0 saturated carbocycles. The van der Waals surface area contributed by atoms with Gasteiger partial charge in [0.1, 0.15) is 5.10 Å². The fraction of sp³-hybridized carbons (Fsp3) is 0.556. The fourth-order valence-electron chi connectivity index (χ4n) is 1.94. The van der Waals surface area contributed by atoms with E-state index in [1.165, 1.54) is 11.3 Å². The van der Waals surface area contributed by atoms with Crippen molar-refractivity contribution in [2.75, 3.05) is 27.4 Å². The highest BCUT2D eigenvalue weighted by atomic mass is 79.9. The molecule has 1 aliphatic rings. The summed E-state index contributed by atoms with van der Waals surface area (Å²) in [6, 6.07) is 0. The lowest BCUT2D eigenvalue weighted by Crippen LogP contribution is -2.55. The summed E-state index contributed by atoms with van der Waals surface area (Å²) in [5, 5.41) is 13.4. The topological polar surface area (TPSA) is 78.1 Å². The standard InChI is InChI=1S/C9H13BrN6O2S/c1-13-5-14(2)9(12-16(17)18)15(6-13)4-7-3-11-8(10)19-7/h3H,4-6H2,1-2H3. The summed E-state index contributed by atoms with van der Waals surface area (Å²) in [7, 11) is 3.74. The number of guanidine groups is 1. The summed E-state index contributed by atoms with van der Waals surface area (Å²) < 4.78 is 0.800. The van der Waals surface area contributed by atoms with Crippen molar-refractivity contribution in [2.45, 2.75) is 6.54 Å². The molecule has 1 aromatic heterocycles. The van der Waals surface area contributed by atoms with Crippen LogP contribution in [0, 0.1) is 10.1 Å². The van der Waals surface area contributed by atoms with Gasteiger partial charge in [-0.25, -0.2) is 15.1 Å². The van der Waals surface area contributed by atoms with Crippen LogP contribution in [0.3, 0.4) is 0 Å². The third-order valence-electron chi connectivity index (χ3n) is 2.53. The highest BCUT2D eigenvalue weighted by Crippen LogP contribution is 2.21. The molecule has 10 heteroatoms. The molecule has 0 amide bonds. The van der Waals surface area contributed by atoms with Crippen LogP contribution in [0.4, 0.5) is 0 Å². The van der Waals surface area contributed by atoms with Gasteiger partial charge in [0.15, 0.2) is 8.95 Å². The molecule has 104 valence electrons. The van der Waals surface area contributed by atoms with Crippen LogP contribution in [0.2, 0.25) is 0 Å². The number of hydrogen-bond acceptors (Lipinski definition) is 5. The summed E-state index contributed by atoms with van der Waals surface area (Å²) in [6.07, 6.45) is 1.76. The van der Waals surface area contributed by atoms with Crippen LogP contribution in [0.15, 0.2) is 15.2 Å². The first-order chi connectivity index (χ1) is 8.95. The summed E-state index contributed by atoms with van der Waals surface area (Å²) in [6.45, 7) is 1.74. The summed E-state index contributed by atoms with van der Waals surface area (Å²) in [5.74, 6) is 0.368. The van der Waals surface area contributed by atoms with Gasteiger partial charge in [0.2, 0.25) is 0 Å². The van der Waals surface area contributed by atoms with Gasteiger partial charge in [-0.05, 0) is 23.0 Å². The molecule has 2 rings (SSSR count). The van der Waals surface area contributed by atoms with E-state index >= 15 is 0 Å². The fourth-order valence-corrected chi connectivity index (χ4v) is 3.32. The highest BCUT2D eigenvalue weighted by molar-refractivity contribution is 9.11. The van der Waals surface area contributed by atoms with E-state index in [0.717, 1.165) is 8.79 Å². The minimum absolute atomic E-state index is 0.368. The lowest BCUT2D eigenvalue weighted by molar-refractivity contribution is -0.486. The minimum Gasteiger partial charge on any atom is -0.328 e. The first kappa shape index (κ1) is 14.2. The van der Waals surface area contributed by atoms with E-state index < -0.39 is 5.03 Å². The van der Waals surface area contributed by atoms with Crippen LogP contribution in [-0.2, 0) is 6.54 Å². The van der Waals surface area contributed by atoms with Gasteiger partial charge in [0, 0.05) is 18.1 Å². The summed E-state index contributed by atoms with van der Waals surface area (Å²) >= 11 is 4.81. The van der Waals surface area contributed by atoms with Gasteiger partial charge < -0.3 is 9.80 Å². The quantitative estimate of drug-likeness (QED) is 0.600. The maximum Gasteiger partial charge on any atom is 0.276 e. The maximum absolute atomic E-state index is 10.6. The van der Waals surface area contributed by atoms with Gasteiger partial charge in [-0.2, -0.15) is 0 Å². The Morgan fingerprint density at radius 2 is 2.32 bits per heavy atom. The molecule has 0 bridgehead atoms. The average Bonchev–Trinajstić information content (AvgIpc) is 2.69. The second-order valence-corrected chi connectivity index (χ2v) is 6.64. The van der Waals surface area contributed by atoms with Crippen molar-refractivity contribution in [1.82, 2.24) is 19.7 Å². The lowest BCUT2D eigenvalue weighted by atomic mass is 10.4. The largest absolute Gasteiger partial charge is 0.328 e. The third kappa shape index (κ3) is 3.61. The summed E-state index contributed by atoms with van der Waals surface area (Å²) in [4.78, 5) is 21.4. The molecule has 0 aromatic carbocycles. The van der Waals surface area contributed by atoms with E-state index in [2.05, 4.69) is 30.9 Å². The van der Waals surface area contributed by atoms with E-state index in [1.807, 2.05) is 11.9 Å². The smallest absolute Gasteiger partial charge is 0.276 e. The Bertz CT molecular complexity index is 507. The molecule has 0 N–H and O–H groups in total. The molecule has 1 fully saturated rings. The molecule has 1 saturated heterocycles. The molecular formula is C9H13BrN6O2S. The van der Waals surface area contributed by atoms with Gasteiger partial charge in [-0.15, -0.1) is 11.3 Å². The van der Waals surface area contributed by atoms with Crippen LogP contribution in [0.5, 0.6) is 0 Å². The molecule has 8 nitrogen and oxygen atoms in total. The van der Waals surface area contributed by atoms with Crippen LogP contribution < -0.4 is 0 Å². The lowest BCUT2D eigenvalue weighted by Gasteiger charge is -2.39. The van der Waals surface area contributed by atoms with Crippen LogP contribution in [0.25, 0.3) is 0 Å². The molecule has 0 spiro atoms. The summed E-state index contributed by atoms with van der Waals surface area (Å²) in [5.41, 5.74) is 0. The van der Waals surface area contributed by atoms with E-state index in [4.69, 9.17) is 0 Å². The molecule has 1 aromatic rings. The van der Waals surface area contributed by atoms with Gasteiger partial charge in [0.25, 0.3) is 5.96 Å². The maximum atomic E-state index is 10.6. The number of hydrazone groups is 1. The Labute approximate surface area is 122 Å². The Morgan fingerprint density at radius 1 is 1.58 bits per heavy atom. The van der Waals surface area contributed by atoms with E-state index in [-0.39, 0.29) is 0 Å². The molecular weight excluding hydrogens is 336 g/mol. The van der Waals surface area contributed by atoms with Gasteiger partial charge in [0.05, 0.1) is 19.9 Å². The van der Waals surface area contributed by atoms with Crippen LogP contribution in [0.1, 0.15) is 4.88 Å². The Hall–Kier alpha value is -1.26. The molecule has 0 radical (unpaired) electrons. The zero-order valence-electron chi connectivity index (χ0n) is 10.5. The second-order valence-electron chi connectivity index (χ2n) is 4.25. The number of halogens is 1. The van der Waals surface area contributed by atoms with Crippen molar-refractivity contribution in [1.29, 1.82) is 0 Å². The molecule has 1 aliphatic heterocycles. The minimum atomic E-state index is -0.660. The second kappa shape index (κ2) is 5.80. The Balaban J connectivity index is 2.20. The first-order valence-corrected chi connectivity index (χ1v) is 7.04. The predicted molar refractivity (Wildman–Crippen MR) is 75.0 cm³/mol. The molecule has 2 heterocycles. The van der Waals surface area contributed by atoms with E-state index in [0.29, 0.717) is 25.8 Å². The SMILES string of the molecule is CN1CN(C)C(=N[N+](=O)[O-])N(Cc2cnc(Br)s2)C1. The normalized spacial score (nSPS) is 19.2. The third-order valence-corrected chi connectivity index (χ3v) is 3.99. The van der Waals surface area contributed by atoms with Crippen LogP contribution in [-0.4, -0.2) is 58.1 Å². The molecule has 19 heavy (non-hydrogen) atoms. The zero-order valence-corrected chi connectivity index (χ0v) is 12.9. The molecule has 0 atom stereocenters. The highest BCUT2D eigenvalue weighted by Gasteiger charge is 2.27. The van der Waals surface area contributed by atoms with E-state index in [9.17, 15) is 10.1 Å². The Kier molecular flexibility index (Phi) is 4.32. The van der Waals surface area contributed by atoms with Gasteiger partial charge in [-0.3, -0.25) is 4.90 Å². The van der Waals surface area contributed by atoms with Crippen molar-refractivity contribution in [3.8, 4) is 0 Å². The van der Waals surface area contributed by atoms with Crippen molar-refractivity contribution in [2.24, 2.45) is 5.10 Å². The average molecular weight is 349 g/mol. The van der Waals surface area contributed by atoms with Gasteiger partial charge in [-0.1, -0.05) is 0 Å². The first-order valence-electron chi connectivity index (χ1n) is 5.43. The number of rotatable bonds is 3. The van der Waals surface area contributed by atoms with Crippen LogP contribution >= 0.6 is 27.3 Å².